The van der Waals surface area contributed by atoms with Gasteiger partial charge >= 0.3 is 0 Å². The molecule has 2 rings (SSSR count). The first kappa shape index (κ1) is 18.5. The number of nitrogens with zero attached hydrogens (tertiary/aromatic N) is 1. The van der Waals surface area contributed by atoms with Gasteiger partial charge in [0.25, 0.3) is 0 Å². The van der Waals surface area contributed by atoms with E-state index in [2.05, 4.69) is 6.92 Å². The van der Waals surface area contributed by atoms with Crippen LogP contribution in [0.15, 0.2) is 54.6 Å². The van der Waals surface area contributed by atoms with Crippen molar-refractivity contribution in [1.82, 2.24) is 4.31 Å². The Kier molecular flexibility index (Phi) is 6.82. The van der Waals surface area contributed by atoms with E-state index in [0.29, 0.717) is 18.8 Å². The van der Waals surface area contributed by atoms with E-state index in [1.54, 1.807) is 0 Å². The van der Waals surface area contributed by atoms with Crippen LogP contribution in [0.4, 0.5) is 0 Å². The van der Waals surface area contributed by atoms with Gasteiger partial charge in [0, 0.05) is 13.1 Å². The van der Waals surface area contributed by atoms with Crippen molar-refractivity contribution in [2.24, 2.45) is 0 Å². The number of hydrogen-bond acceptors (Lipinski definition) is 3. The van der Waals surface area contributed by atoms with E-state index in [9.17, 15) is 8.42 Å². The Hall–Kier alpha value is -1.85. The van der Waals surface area contributed by atoms with Crippen LogP contribution < -0.4 is 4.74 Å². The fraction of sp³-hybridized carbons (Fsp3) is 0.368. The van der Waals surface area contributed by atoms with Gasteiger partial charge in [-0.1, -0.05) is 56.3 Å². The minimum Gasteiger partial charge on any atom is -0.492 e. The first-order chi connectivity index (χ1) is 11.5. The number of aryl methyl sites for hydroxylation is 1. The van der Waals surface area contributed by atoms with Gasteiger partial charge in [0.1, 0.15) is 12.4 Å². The van der Waals surface area contributed by atoms with Crippen LogP contribution >= 0.6 is 0 Å². The fourth-order valence-electron chi connectivity index (χ4n) is 2.41. The highest BCUT2D eigenvalue weighted by atomic mass is 32.2. The predicted octanol–water partition coefficient (Wildman–Crippen LogP) is 3.48. The predicted molar refractivity (Wildman–Crippen MR) is 97.6 cm³/mol. The smallest absolute Gasteiger partial charge is 0.217 e. The summed E-state index contributed by atoms with van der Waals surface area (Å²) in [5.74, 6) is 0.678. The SMILES string of the molecule is CCc1ccc(OCCS(=O)(=O)N(CC)Cc2ccccc2)cc1. The van der Waals surface area contributed by atoms with Gasteiger partial charge in [-0.2, -0.15) is 4.31 Å². The molecule has 2 aromatic carbocycles. The van der Waals surface area contributed by atoms with E-state index < -0.39 is 10.0 Å². The summed E-state index contributed by atoms with van der Waals surface area (Å²) in [5, 5.41) is 0. The van der Waals surface area contributed by atoms with Crippen LogP contribution in [0.5, 0.6) is 5.75 Å². The van der Waals surface area contributed by atoms with Gasteiger partial charge in [-0.15, -0.1) is 0 Å². The molecule has 2 aromatic rings. The highest BCUT2D eigenvalue weighted by Gasteiger charge is 2.20. The van der Waals surface area contributed by atoms with E-state index in [-0.39, 0.29) is 12.4 Å². The van der Waals surface area contributed by atoms with E-state index in [0.717, 1.165) is 12.0 Å². The lowest BCUT2D eigenvalue weighted by Crippen LogP contribution is -2.34. The quantitative estimate of drug-likeness (QED) is 0.698. The van der Waals surface area contributed by atoms with Gasteiger partial charge in [-0.3, -0.25) is 0 Å². The second-order valence-corrected chi connectivity index (χ2v) is 7.66. The summed E-state index contributed by atoms with van der Waals surface area (Å²) < 4.78 is 32.1. The van der Waals surface area contributed by atoms with Crippen LogP contribution in [0.25, 0.3) is 0 Å². The zero-order chi connectivity index (χ0) is 17.4. The maximum Gasteiger partial charge on any atom is 0.217 e. The minimum atomic E-state index is -3.35. The lowest BCUT2D eigenvalue weighted by Gasteiger charge is -2.20. The van der Waals surface area contributed by atoms with Crippen LogP contribution in [0.2, 0.25) is 0 Å². The molecule has 0 aliphatic carbocycles. The lowest BCUT2D eigenvalue weighted by atomic mass is 10.2. The molecule has 0 N–H and O–H groups in total. The summed E-state index contributed by atoms with van der Waals surface area (Å²) in [6, 6.07) is 17.4. The van der Waals surface area contributed by atoms with Crippen LogP contribution in [-0.2, 0) is 23.0 Å². The molecule has 0 fully saturated rings. The van der Waals surface area contributed by atoms with Crippen molar-refractivity contribution in [3.63, 3.8) is 0 Å². The third-order valence-corrected chi connectivity index (χ3v) is 5.75. The molecular weight excluding hydrogens is 322 g/mol. The maximum atomic E-state index is 12.5. The standard InChI is InChI=1S/C19H25NO3S/c1-3-17-10-12-19(13-11-17)23-14-15-24(21,22)20(4-2)16-18-8-6-5-7-9-18/h5-13H,3-4,14-16H2,1-2H3. The van der Waals surface area contributed by atoms with E-state index in [1.807, 2.05) is 61.5 Å². The first-order valence-electron chi connectivity index (χ1n) is 8.28. The Morgan fingerprint density at radius 1 is 0.917 bits per heavy atom. The molecule has 0 bridgehead atoms. The van der Waals surface area contributed by atoms with Crippen molar-refractivity contribution in [2.45, 2.75) is 26.8 Å². The summed E-state index contributed by atoms with van der Waals surface area (Å²) in [7, 11) is -3.35. The molecule has 0 amide bonds. The minimum absolute atomic E-state index is 0.0246. The molecule has 0 radical (unpaired) electrons. The van der Waals surface area contributed by atoms with Crippen molar-refractivity contribution in [3.8, 4) is 5.75 Å². The molecular formula is C19H25NO3S. The van der Waals surface area contributed by atoms with Gasteiger partial charge in [0.2, 0.25) is 10.0 Å². The third-order valence-electron chi connectivity index (χ3n) is 3.89. The lowest BCUT2D eigenvalue weighted by molar-refractivity contribution is 0.334. The molecule has 0 aliphatic rings. The summed E-state index contributed by atoms with van der Waals surface area (Å²) >= 11 is 0. The van der Waals surface area contributed by atoms with Gasteiger partial charge < -0.3 is 4.74 Å². The summed E-state index contributed by atoms with van der Waals surface area (Å²) in [6.07, 6.45) is 0.972. The first-order valence-corrected chi connectivity index (χ1v) is 9.89. The van der Waals surface area contributed by atoms with Crippen LogP contribution in [0.1, 0.15) is 25.0 Å². The van der Waals surface area contributed by atoms with Crippen molar-refractivity contribution in [3.05, 3.63) is 65.7 Å². The zero-order valence-electron chi connectivity index (χ0n) is 14.3. The van der Waals surface area contributed by atoms with Crippen molar-refractivity contribution < 1.29 is 13.2 Å². The number of benzene rings is 2. The third kappa shape index (κ3) is 5.35. The largest absolute Gasteiger partial charge is 0.492 e. The Morgan fingerprint density at radius 2 is 1.58 bits per heavy atom. The summed E-state index contributed by atoms with van der Waals surface area (Å²) in [5.41, 5.74) is 2.22. The molecule has 5 heteroatoms. The molecule has 0 saturated heterocycles. The topological polar surface area (TPSA) is 46.6 Å². The van der Waals surface area contributed by atoms with Gasteiger partial charge in [0.05, 0.1) is 5.75 Å². The molecule has 130 valence electrons. The van der Waals surface area contributed by atoms with Crippen LogP contribution in [0.3, 0.4) is 0 Å². The van der Waals surface area contributed by atoms with Gasteiger partial charge in [-0.05, 0) is 29.7 Å². The second-order valence-electron chi connectivity index (χ2n) is 5.57. The highest BCUT2D eigenvalue weighted by molar-refractivity contribution is 7.89. The van der Waals surface area contributed by atoms with Crippen molar-refractivity contribution in [2.75, 3.05) is 18.9 Å². The molecule has 0 aliphatic heterocycles. The molecule has 0 atom stereocenters. The van der Waals surface area contributed by atoms with Gasteiger partial charge in [0.15, 0.2) is 0 Å². The normalized spacial score (nSPS) is 11.6. The summed E-state index contributed by atoms with van der Waals surface area (Å²) in [4.78, 5) is 0. The highest BCUT2D eigenvalue weighted by Crippen LogP contribution is 2.14. The van der Waals surface area contributed by atoms with E-state index in [1.165, 1.54) is 9.87 Å². The number of rotatable bonds is 9. The van der Waals surface area contributed by atoms with Gasteiger partial charge in [-0.25, -0.2) is 8.42 Å². The van der Waals surface area contributed by atoms with Crippen molar-refractivity contribution in [1.29, 1.82) is 0 Å². The molecule has 0 spiro atoms. The average molecular weight is 347 g/mol. The van der Waals surface area contributed by atoms with E-state index in [4.69, 9.17) is 4.74 Å². The Labute approximate surface area is 145 Å². The number of hydrogen-bond donors (Lipinski definition) is 0. The van der Waals surface area contributed by atoms with E-state index >= 15 is 0 Å². The number of sulfonamides is 1. The van der Waals surface area contributed by atoms with Crippen LogP contribution in [0, 0.1) is 0 Å². The molecule has 0 saturated carbocycles. The summed E-state index contributed by atoms with van der Waals surface area (Å²) in [6.45, 7) is 4.94. The average Bonchev–Trinajstić information content (AvgIpc) is 2.61. The molecule has 0 unspecified atom stereocenters. The Morgan fingerprint density at radius 3 is 2.17 bits per heavy atom. The molecule has 0 heterocycles. The molecule has 0 aromatic heterocycles. The molecule has 4 nitrogen and oxygen atoms in total. The maximum absolute atomic E-state index is 12.5. The number of ether oxygens (including phenoxy) is 1. The Balaban J connectivity index is 1.90. The second kappa shape index (κ2) is 8.85. The monoisotopic (exact) mass is 347 g/mol. The van der Waals surface area contributed by atoms with Crippen LogP contribution in [-0.4, -0.2) is 31.6 Å². The van der Waals surface area contributed by atoms with Crippen molar-refractivity contribution >= 4 is 10.0 Å². The molecule has 24 heavy (non-hydrogen) atoms. The fourth-order valence-corrected chi connectivity index (χ4v) is 3.70. The zero-order valence-corrected chi connectivity index (χ0v) is 15.1. The Bertz CT molecular complexity index is 712.